The summed E-state index contributed by atoms with van der Waals surface area (Å²) in [4.78, 5) is 18.8. The number of aliphatic imine (C=N–C) groups is 1. The lowest BCUT2D eigenvalue weighted by molar-refractivity contribution is -0.0343. The first kappa shape index (κ1) is 24.1. The summed E-state index contributed by atoms with van der Waals surface area (Å²) in [6, 6.07) is 7.62. The lowest BCUT2D eigenvalue weighted by atomic mass is 10.1. The normalized spacial score (nSPS) is 19.5. The highest BCUT2D eigenvalue weighted by molar-refractivity contribution is 6.00. The zero-order chi connectivity index (χ0) is 23.8. The average Bonchev–Trinajstić information content (AvgIpc) is 2.81. The van der Waals surface area contributed by atoms with Gasteiger partial charge in [0.2, 0.25) is 0 Å². The number of nitrogens with one attached hydrogen (secondary N) is 3. The highest BCUT2D eigenvalue weighted by Gasteiger charge is 2.29. The minimum Gasteiger partial charge on any atom is -0.489 e. The van der Waals surface area contributed by atoms with Gasteiger partial charge < -0.3 is 30.3 Å². The van der Waals surface area contributed by atoms with Crippen molar-refractivity contribution in [2.24, 2.45) is 4.99 Å². The largest absolute Gasteiger partial charge is 0.489 e. The maximum absolute atomic E-state index is 12.1. The van der Waals surface area contributed by atoms with E-state index in [4.69, 9.17) is 9.47 Å². The number of amidine groups is 1. The van der Waals surface area contributed by atoms with Crippen LogP contribution in [0.5, 0.6) is 0 Å². The Kier molecular flexibility index (Phi) is 8.32. The van der Waals surface area contributed by atoms with E-state index in [0.717, 1.165) is 36.0 Å². The number of fused-ring (bicyclic) bond motifs is 1. The molecule has 0 radical (unpaired) electrons. The van der Waals surface area contributed by atoms with Gasteiger partial charge in [-0.3, -0.25) is 4.79 Å². The number of benzene rings is 1. The van der Waals surface area contributed by atoms with Crippen LogP contribution in [-0.4, -0.2) is 56.1 Å². The van der Waals surface area contributed by atoms with E-state index < -0.39 is 0 Å². The smallest absolute Gasteiger partial charge is 0.253 e. The molecular weight excluding hydrogens is 418 g/mol. The number of rotatable bonds is 7. The number of morpholine rings is 1. The van der Waals surface area contributed by atoms with Gasteiger partial charge >= 0.3 is 0 Å². The van der Waals surface area contributed by atoms with E-state index in [-0.39, 0.29) is 11.9 Å². The van der Waals surface area contributed by atoms with Crippen LogP contribution in [0, 0.1) is 0 Å². The maximum atomic E-state index is 12.1. The van der Waals surface area contributed by atoms with E-state index in [9.17, 15) is 4.79 Å². The van der Waals surface area contributed by atoms with Gasteiger partial charge in [0, 0.05) is 37.3 Å². The van der Waals surface area contributed by atoms with Crippen LogP contribution in [0.2, 0.25) is 0 Å². The second-order valence-corrected chi connectivity index (χ2v) is 7.91. The SMILES string of the molecule is C=CN=C(/C=C(\C)Nc1ccccc1C(=O)NC)N/C(C)=C/C1=C(C)N2CCOCC2CO1. The predicted octanol–water partition coefficient (Wildman–Crippen LogP) is 3.36. The van der Waals surface area contributed by atoms with E-state index >= 15 is 0 Å². The topological polar surface area (TPSA) is 87.2 Å². The fourth-order valence-electron chi connectivity index (χ4n) is 3.83. The number of carbonyl (C=O) groups excluding carboxylic acids is 1. The molecule has 1 saturated heterocycles. The third kappa shape index (κ3) is 6.26. The molecule has 0 aromatic heterocycles. The van der Waals surface area contributed by atoms with Gasteiger partial charge in [0.1, 0.15) is 18.2 Å². The number of allylic oxidation sites excluding steroid dienone is 4. The van der Waals surface area contributed by atoms with Crippen molar-refractivity contribution in [3.63, 3.8) is 0 Å². The molecule has 33 heavy (non-hydrogen) atoms. The van der Waals surface area contributed by atoms with Crippen LogP contribution in [0.4, 0.5) is 5.69 Å². The highest BCUT2D eigenvalue weighted by atomic mass is 16.5. The number of nitrogens with zero attached hydrogens (tertiary/aromatic N) is 2. The molecule has 176 valence electrons. The first-order chi connectivity index (χ1) is 15.9. The summed E-state index contributed by atoms with van der Waals surface area (Å²) in [7, 11) is 1.61. The van der Waals surface area contributed by atoms with E-state index in [0.29, 0.717) is 30.3 Å². The number of amides is 1. The van der Waals surface area contributed by atoms with Gasteiger partial charge in [0.15, 0.2) is 0 Å². The van der Waals surface area contributed by atoms with Crippen LogP contribution in [-0.2, 0) is 9.47 Å². The van der Waals surface area contributed by atoms with Crippen LogP contribution in [0.25, 0.3) is 0 Å². The van der Waals surface area contributed by atoms with Crippen molar-refractivity contribution in [1.29, 1.82) is 0 Å². The van der Waals surface area contributed by atoms with Crippen LogP contribution >= 0.6 is 0 Å². The number of ether oxygens (including phenoxy) is 2. The minimum atomic E-state index is -0.151. The predicted molar refractivity (Wildman–Crippen MR) is 132 cm³/mol. The van der Waals surface area contributed by atoms with E-state index in [1.54, 1.807) is 13.1 Å². The fraction of sp³-hybridized carbons (Fsp3) is 0.360. The lowest BCUT2D eigenvalue weighted by Gasteiger charge is -2.41. The maximum Gasteiger partial charge on any atom is 0.253 e. The van der Waals surface area contributed by atoms with E-state index in [1.165, 1.54) is 6.20 Å². The zero-order valence-electron chi connectivity index (χ0n) is 19.8. The summed E-state index contributed by atoms with van der Waals surface area (Å²) < 4.78 is 11.6. The Hall–Kier alpha value is -3.52. The summed E-state index contributed by atoms with van der Waals surface area (Å²) in [5.74, 6) is 1.30. The van der Waals surface area contributed by atoms with Crippen LogP contribution < -0.4 is 16.0 Å². The molecule has 8 nitrogen and oxygen atoms in total. The van der Waals surface area contributed by atoms with Crippen molar-refractivity contribution < 1.29 is 14.3 Å². The summed E-state index contributed by atoms with van der Waals surface area (Å²) in [5, 5.41) is 9.25. The first-order valence-electron chi connectivity index (χ1n) is 11.0. The second kappa shape index (κ2) is 11.4. The van der Waals surface area contributed by atoms with Gasteiger partial charge in [0.05, 0.1) is 36.2 Å². The van der Waals surface area contributed by atoms with E-state index in [1.807, 2.05) is 44.2 Å². The molecule has 1 amide bonds. The van der Waals surface area contributed by atoms with Crippen molar-refractivity contribution in [2.45, 2.75) is 26.8 Å². The summed E-state index contributed by atoms with van der Waals surface area (Å²) in [6.45, 7) is 12.6. The molecule has 1 atom stereocenters. The number of para-hydroxylation sites is 1. The van der Waals surface area contributed by atoms with Gasteiger partial charge in [-0.1, -0.05) is 18.7 Å². The van der Waals surface area contributed by atoms with E-state index in [2.05, 4.69) is 39.3 Å². The van der Waals surface area contributed by atoms with Crippen molar-refractivity contribution >= 4 is 17.4 Å². The third-order valence-corrected chi connectivity index (χ3v) is 5.43. The van der Waals surface area contributed by atoms with Gasteiger partial charge in [0.25, 0.3) is 5.91 Å². The molecule has 2 heterocycles. The minimum absolute atomic E-state index is 0.151. The number of carbonyl (C=O) groups is 1. The summed E-state index contributed by atoms with van der Waals surface area (Å²) in [5.41, 5.74) is 4.08. The molecule has 0 bridgehead atoms. The van der Waals surface area contributed by atoms with Gasteiger partial charge in [-0.05, 0) is 39.0 Å². The van der Waals surface area contributed by atoms with Crippen molar-refractivity contribution in [3.8, 4) is 0 Å². The Morgan fingerprint density at radius 1 is 1.24 bits per heavy atom. The quantitative estimate of drug-likeness (QED) is 0.435. The molecule has 3 rings (SSSR count). The van der Waals surface area contributed by atoms with Crippen molar-refractivity contribution in [1.82, 2.24) is 15.5 Å². The Labute approximate surface area is 195 Å². The third-order valence-electron chi connectivity index (χ3n) is 5.43. The van der Waals surface area contributed by atoms with Gasteiger partial charge in [-0.15, -0.1) is 0 Å². The first-order valence-corrected chi connectivity index (χ1v) is 11.0. The van der Waals surface area contributed by atoms with Crippen molar-refractivity contribution in [3.05, 3.63) is 77.6 Å². The lowest BCUT2D eigenvalue weighted by Crippen LogP contribution is -2.49. The molecule has 3 N–H and O–H groups in total. The number of hydrogen-bond acceptors (Lipinski definition) is 6. The monoisotopic (exact) mass is 451 g/mol. The van der Waals surface area contributed by atoms with Crippen LogP contribution in [0.3, 0.4) is 0 Å². The molecule has 2 aliphatic heterocycles. The highest BCUT2D eigenvalue weighted by Crippen LogP contribution is 2.25. The molecule has 1 aromatic carbocycles. The van der Waals surface area contributed by atoms with Crippen LogP contribution in [0.15, 0.2) is 77.0 Å². The second-order valence-electron chi connectivity index (χ2n) is 7.91. The molecular formula is C25H33N5O3. The Balaban J connectivity index is 1.74. The molecule has 1 unspecified atom stereocenters. The van der Waals surface area contributed by atoms with Crippen LogP contribution in [0.1, 0.15) is 31.1 Å². The average molecular weight is 452 g/mol. The molecule has 2 aliphatic rings. The summed E-state index contributed by atoms with van der Waals surface area (Å²) >= 11 is 0. The van der Waals surface area contributed by atoms with Crippen molar-refractivity contribution in [2.75, 3.05) is 38.7 Å². The summed E-state index contributed by atoms with van der Waals surface area (Å²) in [6.07, 6.45) is 5.33. The molecule has 1 aromatic rings. The Morgan fingerprint density at radius 3 is 2.79 bits per heavy atom. The molecule has 0 saturated carbocycles. The molecule has 0 spiro atoms. The Morgan fingerprint density at radius 2 is 2.03 bits per heavy atom. The standard InChI is InChI=1S/C25H33N5O3/c1-6-27-24(14-18(3)28-22-10-8-7-9-21(22)25(31)26-5)29-17(2)13-23-19(4)30-11-12-32-15-20(30)16-33-23/h6-10,13-14,20,28H,1,11-12,15-16H2,2-5H3,(H,26,31)(H,27,29)/b17-13+,18-14+. The molecule has 8 heteroatoms. The molecule has 1 fully saturated rings. The fourth-order valence-corrected chi connectivity index (χ4v) is 3.83. The number of hydrogen-bond donors (Lipinski definition) is 3. The van der Waals surface area contributed by atoms with Gasteiger partial charge in [-0.25, -0.2) is 4.99 Å². The molecule has 0 aliphatic carbocycles. The Bertz CT molecular complexity index is 1010. The zero-order valence-corrected chi connectivity index (χ0v) is 19.8. The number of anilines is 1. The van der Waals surface area contributed by atoms with Gasteiger partial charge in [-0.2, -0.15) is 0 Å².